The molecule has 0 aromatic heterocycles. The van der Waals surface area contributed by atoms with Gasteiger partial charge in [-0.3, -0.25) is 4.90 Å². The summed E-state index contributed by atoms with van der Waals surface area (Å²) < 4.78 is 57.9. The molecular weight excluding hydrogens is 361 g/mol. The van der Waals surface area contributed by atoms with Crippen LogP contribution >= 0.6 is 11.6 Å². The van der Waals surface area contributed by atoms with Crippen LogP contribution < -0.4 is 4.90 Å². The molecule has 4 atom stereocenters. The maximum atomic E-state index is 13.5. The summed E-state index contributed by atoms with van der Waals surface area (Å²) in [5.74, 6) is -0.428. The van der Waals surface area contributed by atoms with Crippen LogP contribution in [0.3, 0.4) is 0 Å². The Bertz CT molecular complexity index is 879. The molecule has 2 aromatic rings. The van der Waals surface area contributed by atoms with E-state index in [0.717, 1.165) is 10.5 Å². The summed E-state index contributed by atoms with van der Waals surface area (Å²) in [7, 11) is 1.71. The van der Waals surface area contributed by atoms with Crippen LogP contribution in [0.2, 0.25) is 5.02 Å². The lowest BCUT2D eigenvalue weighted by Gasteiger charge is -2.40. The molecule has 2 nitrogen and oxygen atoms in total. The molecule has 26 heavy (non-hydrogen) atoms. The highest BCUT2D eigenvalue weighted by Crippen LogP contribution is 2.56. The maximum absolute atomic E-state index is 13.5. The van der Waals surface area contributed by atoms with Gasteiger partial charge < -0.3 is 4.90 Å². The van der Waals surface area contributed by atoms with Gasteiger partial charge in [-0.2, -0.15) is 13.2 Å². The van der Waals surface area contributed by atoms with Crippen molar-refractivity contribution in [3.8, 4) is 0 Å². The molecule has 2 aromatic carbocycles. The first kappa shape index (κ1) is 15.3. The third-order valence-electron chi connectivity index (χ3n) is 5.28. The molecule has 1 fully saturated rings. The summed E-state index contributed by atoms with van der Waals surface area (Å²) >= 11 is 6.22. The zero-order valence-corrected chi connectivity index (χ0v) is 14.9. The number of hydrogen-bond donors (Lipinski definition) is 0. The van der Waals surface area contributed by atoms with Gasteiger partial charge in [0.2, 0.25) is 0 Å². The lowest BCUT2D eigenvalue weighted by molar-refractivity contribution is -0.155. The zero-order valence-electron chi connectivity index (χ0n) is 16.2. The fraction of sp³-hybridized carbons (Fsp3) is 0.400. The number of likely N-dealkylation sites (tertiary alicyclic amines) is 1. The Morgan fingerprint density at radius 2 is 1.96 bits per heavy atom. The first-order valence-corrected chi connectivity index (χ1v) is 8.80. The second kappa shape index (κ2) is 6.17. The van der Waals surface area contributed by atoms with Crippen molar-refractivity contribution in [1.29, 1.82) is 0 Å². The number of likely N-dealkylation sites (N-methyl/N-ethyl adjacent to an activating group) is 1. The summed E-state index contributed by atoms with van der Waals surface area (Å²) in [5.41, 5.74) is 0.808. The Morgan fingerprint density at radius 1 is 1.23 bits per heavy atom. The molecule has 1 spiro atoms. The second-order valence-electron chi connectivity index (χ2n) is 6.85. The van der Waals surface area contributed by atoms with Gasteiger partial charge in [-0.05, 0) is 35.7 Å². The maximum Gasteiger partial charge on any atom is 0.401 e. The van der Waals surface area contributed by atoms with Gasteiger partial charge >= 0.3 is 6.18 Å². The van der Waals surface area contributed by atoms with Crippen molar-refractivity contribution in [1.82, 2.24) is 4.90 Å². The van der Waals surface area contributed by atoms with E-state index >= 15 is 0 Å². The topological polar surface area (TPSA) is 6.48 Å². The number of fused-ring (bicyclic) bond motifs is 2. The standard InChI is InChI=1S/C20H20ClF3N2/c1-25-12-19(17-11-15(21)7-8-18(17)25)16(14-5-3-2-4-6-14)9-10-26(19)13-20(22,23)24/h2-8,11,16H,9-10,12-13H2,1H3/t16-,19+/m1/s1/i10D,12D/t10?,12?,16-,19+. The van der Waals surface area contributed by atoms with Gasteiger partial charge in [0.15, 0.2) is 0 Å². The number of alkyl halides is 3. The SMILES string of the molecule is [2H]C1C[C@H](c2ccccc2)[C@@]2(c3cc(Cl)ccc3N(C)C2[2H])N1CC(F)(F)F. The Balaban J connectivity index is 1.98. The Labute approximate surface area is 159 Å². The van der Waals surface area contributed by atoms with Crippen LogP contribution in [0.1, 0.15) is 26.2 Å². The van der Waals surface area contributed by atoms with Crippen molar-refractivity contribution in [3.05, 3.63) is 64.7 Å². The van der Waals surface area contributed by atoms with Crippen LogP contribution in [0.4, 0.5) is 18.9 Å². The van der Waals surface area contributed by atoms with E-state index in [4.69, 9.17) is 14.3 Å². The average Bonchev–Trinajstić information content (AvgIpc) is 3.03. The largest absolute Gasteiger partial charge is 0.401 e. The molecule has 0 saturated carbocycles. The molecule has 6 heteroatoms. The number of benzene rings is 2. The van der Waals surface area contributed by atoms with Crippen molar-refractivity contribution in [2.75, 3.05) is 31.5 Å². The fourth-order valence-electron chi connectivity index (χ4n) is 4.31. The van der Waals surface area contributed by atoms with E-state index < -0.39 is 37.2 Å². The second-order valence-corrected chi connectivity index (χ2v) is 7.29. The molecule has 0 N–H and O–H groups in total. The molecule has 138 valence electrons. The molecule has 1 saturated heterocycles. The van der Waals surface area contributed by atoms with Gasteiger partial charge in [-0.25, -0.2) is 0 Å². The number of anilines is 1. The number of halogens is 4. The molecule has 2 aliphatic rings. The monoisotopic (exact) mass is 382 g/mol. The molecular formula is C20H20ClF3N2. The van der Waals surface area contributed by atoms with E-state index in [9.17, 15) is 13.2 Å². The molecule has 2 aliphatic heterocycles. The summed E-state index contributed by atoms with van der Waals surface area (Å²) in [5, 5.41) is 0.410. The van der Waals surface area contributed by atoms with E-state index in [-0.39, 0.29) is 6.42 Å². The highest BCUT2D eigenvalue weighted by Gasteiger charge is 2.57. The molecule has 0 aliphatic carbocycles. The lowest BCUT2D eigenvalue weighted by Crippen LogP contribution is -2.50. The zero-order chi connectivity index (χ0) is 20.3. The Hall–Kier alpha value is -1.72. The molecule has 4 rings (SSSR count). The van der Waals surface area contributed by atoms with E-state index in [1.54, 1.807) is 30.1 Å². The minimum atomic E-state index is -4.47. The third kappa shape index (κ3) is 2.78. The highest BCUT2D eigenvalue weighted by atomic mass is 35.5. The predicted octanol–water partition coefficient (Wildman–Crippen LogP) is 5.04. The fourth-order valence-corrected chi connectivity index (χ4v) is 4.48. The van der Waals surface area contributed by atoms with Crippen molar-refractivity contribution in [3.63, 3.8) is 0 Å². The minimum absolute atomic E-state index is 0.218. The Kier molecular flexibility index (Phi) is 3.64. The van der Waals surface area contributed by atoms with Crippen molar-refractivity contribution >= 4 is 17.3 Å². The summed E-state index contributed by atoms with van der Waals surface area (Å²) in [4.78, 5) is 2.84. The first-order chi connectivity index (χ1) is 13.2. The molecule has 0 amide bonds. The van der Waals surface area contributed by atoms with Crippen molar-refractivity contribution < 1.29 is 15.9 Å². The average molecular weight is 383 g/mol. The van der Waals surface area contributed by atoms with E-state index in [1.807, 2.05) is 30.3 Å². The van der Waals surface area contributed by atoms with Crippen LogP contribution in [0.25, 0.3) is 0 Å². The van der Waals surface area contributed by atoms with Crippen LogP contribution in [0, 0.1) is 0 Å². The number of rotatable bonds is 2. The first-order valence-electron chi connectivity index (χ1n) is 9.57. The quantitative estimate of drug-likeness (QED) is 0.718. The van der Waals surface area contributed by atoms with Crippen molar-refractivity contribution in [2.24, 2.45) is 0 Å². The Morgan fingerprint density at radius 3 is 2.65 bits per heavy atom. The van der Waals surface area contributed by atoms with Gasteiger partial charge in [0, 0.05) is 38.1 Å². The van der Waals surface area contributed by atoms with Gasteiger partial charge in [-0.1, -0.05) is 41.9 Å². The van der Waals surface area contributed by atoms with Crippen molar-refractivity contribution in [2.45, 2.75) is 24.1 Å². The summed E-state index contributed by atoms with van der Waals surface area (Å²) in [6.45, 7) is -3.30. The van der Waals surface area contributed by atoms with Gasteiger partial charge in [0.05, 0.1) is 13.5 Å². The molecule has 2 unspecified atom stereocenters. The summed E-state index contributed by atoms with van der Waals surface area (Å²) in [6.07, 6.45) is -4.26. The lowest BCUT2D eigenvalue weighted by atomic mass is 9.76. The van der Waals surface area contributed by atoms with Gasteiger partial charge in [0.1, 0.15) is 0 Å². The normalized spacial score (nSPS) is 32.7. The van der Waals surface area contributed by atoms with Crippen LogP contribution in [-0.4, -0.2) is 37.7 Å². The number of nitrogens with zero attached hydrogens (tertiary/aromatic N) is 2. The van der Waals surface area contributed by atoms with Crippen LogP contribution in [-0.2, 0) is 5.54 Å². The summed E-state index contributed by atoms with van der Waals surface area (Å²) in [6, 6.07) is 14.4. The van der Waals surface area contributed by atoms with E-state index in [0.29, 0.717) is 16.3 Å². The van der Waals surface area contributed by atoms with Crippen LogP contribution in [0.5, 0.6) is 0 Å². The van der Waals surface area contributed by atoms with E-state index in [2.05, 4.69) is 0 Å². The molecule has 2 heterocycles. The minimum Gasteiger partial charge on any atom is -0.372 e. The third-order valence-corrected chi connectivity index (χ3v) is 5.52. The van der Waals surface area contributed by atoms with Crippen LogP contribution in [0.15, 0.2) is 48.5 Å². The van der Waals surface area contributed by atoms with Gasteiger partial charge in [-0.15, -0.1) is 0 Å². The molecule has 0 radical (unpaired) electrons. The highest BCUT2D eigenvalue weighted by molar-refractivity contribution is 6.30. The number of hydrogen-bond acceptors (Lipinski definition) is 2. The smallest absolute Gasteiger partial charge is 0.372 e. The van der Waals surface area contributed by atoms with Gasteiger partial charge in [0.25, 0.3) is 0 Å². The predicted molar refractivity (Wildman–Crippen MR) is 97.8 cm³/mol. The van der Waals surface area contributed by atoms with E-state index in [1.165, 1.54) is 0 Å². The molecule has 0 bridgehead atoms.